The van der Waals surface area contributed by atoms with E-state index >= 15 is 0 Å². The van der Waals surface area contributed by atoms with E-state index in [1.165, 1.54) is 0 Å². The third kappa shape index (κ3) is 3.40. The molecule has 1 N–H and O–H groups in total. The smallest absolute Gasteiger partial charge is 0.316 e. The van der Waals surface area contributed by atoms with E-state index in [-0.39, 0.29) is 6.04 Å². The van der Waals surface area contributed by atoms with Gasteiger partial charge in [0.15, 0.2) is 0 Å². The molecule has 0 spiro atoms. The standard InChI is InChI=1S/C21H23N3O3/c1-15-14-16-6-2-4-8-18(16)24(15)21(26)20(25)22-17-7-3-5-9-19(17)23-10-12-27-13-11-23/h2-9,15H,10-14H2,1H3,(H,22,25). The van der Waals surface area contributed by atoms with Gasteiger partial charge in [-0.05, 0) is 37.1 Å². The molecule has 2 aliphatic rings. The van der Waals surface area contributed by atoms with Crippen molar-refractivity contribution < 1.29 is 14.3 Å². The van der Waals surface area contributed by atoms with E-state index in [9.17, 15) is 9.59 Å². The zero-order valence-electron chi connectivity index (χ0n) is 15.4. The molecule has 0 radical (unpaired) electrons. The summed E-state index contributed by atoms with van der Waals surface area (Å²) >= 11 is 0. The van der Waals surface area contributed by atoms with Crippen molar-refractivity contribution in [1.82, 2.24) is 0 Å². The number of carbonyl (C=O) groups is 2. The molecule has 0 aromatic heterocycles. The van der Waals surface area contributed by atoms with E-state index in [1.807, 2.05) is 55.5 Å². The maximum absolute atomic E-state index is 12.9. The van der Waals surface area contributed by atoms with E-state index in [0.29, 0.717) is 18.9 Å². The fourth-order valence-electron chi connectivity index (χ4n) is 3.82. The molecular formula is C21H23N3O3. The number of para-hydroxylation sites is 3. The molecule has 4 rings (SSSR count). The Kier molecular flexibility index (Phi) is 4.81. The van der Waals surface area contributed by atoms with Crippen LogP contribution in [0.25, 0.3) is 0 Å². The molecule has 6 nitrogen and oxygen atoms in total. The lowest BCUT2D eigenvalue weighted by atomic mass is 10.1. The molecule has 1 atom stereocenters. The molecule has 140 valence electrons. The van der Waals surface area contributed by atoms with E-state index < -0.39 is 11.8 Å². The van der Waals surface area contributed by atoms with Crippen LogP contribution < -0.4 is 15.1 Å². The minimum Gasteiger partial charge on any atom is -0.378 e. The average Bonchev–Trinajstić information content (AvgIpc) is 3.04. The predicted molar refractivity (Wildman–Crippen MR) is 105 cm³/mol. The Morgan fingerprint density at radius 2 is 1.67 bits per heavy atom. The van der Waals surface area contributed by atoms with Crippen LogP contribution in [0.2, 0.25) is 0 Å². The Morgan fingerprint density at radius 1 is 1.00 bits per heavy atom. The number of fused-ring (bicyclic) bond motifs is 1. The number of hydrogen-bond acceptors (Lipinski definition) is 4. The Morgan fingerprint density at radius 3 is 2.44 bits per heavy atom. The second kappa shape index (κ2) is 7.40. The highest BCUT2D eigenvalue weighted by atomic mass is 16.5. The van der Waals surface area contributed by atoms with Crippen LogP contribution in [0.1, 0.15) is 12.5 Å². The fourth-order valence-corrected chi connectivity index (χ4v) is 3.82. The number of hydrogen-bond donors (Lipinski definition) is 1. The van der Waals surface area contributed by atoms with Crippen molar-refractivity contribution in [2.75, 3.05) is 41.4 Å². The maximum atomic E-state index is 12.9. The van der Waals surface area contributed by atoms with E-state index in [2.05, 4.69) is 10.2 Å². The molecule has 2 aromatic carbocycles. The molecule has 2 heterocycles. The van der Waals surface area contributed by atoms with E-state index in [0.717, 1.165) is 36.4 Å². The predicted octanol–water partition coefficient (Wildman–Crippen LogP) is 2.44. The van der Waals surface area contributed by atoms with Gasteiger partial charge in [-0.2, -0.15) is 0 Å². The molecule has 2 aliphatic heterocycles. The van der Waals surface area contributed by atoms with Crippen LogP contribution in [0.15, 0.2) is 48.5 Å². The fraction of sp³-hybridized carbons (Fsp3) is 0.333. The first kappa shape index (κ1) is 17.5. The highest BCUT2D eigenvalue weighted by molar-refractivity contribution is 6.44. The highest BCUT2D eigenvalue weighted by Crippen LogP contribution is 2.32. The van der Waals surface area contributed by atoms with Crippen molar-refractivity contribution in [3.8, 4) is 0 Å². The first-order valence-corrected chi connectivity index (χ1v) is 9.29. The van der Waals surface area contributed by atoms with E-state index in [4.69, 9.17) is 4.74 Å². The molecule has 2 amide bonds. The Hall–Kier alpha value is -2.86. The SMILES string of the molecule is CC1Cc2ccccc2N1C(=O)C(=O)Nc1ccccc1N1CCOCC1. The van der Waals surface area contributed by atoms with Gasteiger partial charge in [-0.15, -0.1) is 0 Å². The topological polar surface area (TPSA) is 61.9 Å². The van der Waals surface area contributed by atoms with Crippen LogP contribution >= 0.6 is 0 Å². The first-order chi connectivity index (χ1) is 13.1. The Balaban J connectivity index is 1.54. The average molecular weight is 365 g/mol. The third-order valence-electron chi connectivity index (χ3n) is 5.12. The van der Waals surface area contributed by atoms with Crippen molar-refractivity contribution in [1.29, 1.82) is 0 Å². The van der Waals surface area contributed by atoms with Gasteiger partial charge in [-0.3, -0.25) is 9.59 Å². The van der Waals surface area contributed by atoms with Crippen molar-refractivity contribution in [2.45, 2.75) is 19.4 Å². The zero-order chi connectivity index (χ0) is 18.8. The minimum absolute atomic E-state index is 0.0323. The largest absolute Gasteiger partial charge is 0.378 e. The van der Waals surface area contributed by atoms with Crippen molar-refractivity contribution >= 4 is 28.9 Å². The minimum atomic E-state index is -0.612. The van der Waals surface area contributed by atoms with Crippen LogP contribution in [0.5, 0.6) is 0 Å². The zero-order valence-corrected chi connectivity index (χ0v) is 15.4. The van der Waals surface area contributed by atoms with Gasteiger partial charge in [-0.25, -0.2) is 0 Å². The second-order valence-electron chi connectivity index (χ2n) is 6.93. The summed E-state index contributed by atoms with van der Waals surface area (Å²) in [6.07, 6.45) is 0.763. The molecule has 2 aromatic rings. The van der Waals surface area contributed by atoms with Gasteiger partial charge in [0.25, 0.3) is 0 Å². The van der Waals surface area contributed by atoms with E-state index in [1.54, 1.807) is 4.90 Å². The van der Waals surface area contributed by atoms with Gasteiger partial charge in [-0.1, -0.05) is 30.3 Å². The van der Waals surface area contributed by atoms with Gasteiger partial charge >= 0.3 is 11.8 Å². The second-order valence-corrected chi connectivity index (χ2v) is 6.93. The number of ether oxygens (including phenoxy) is 1. The molecule has 1 fully saturated rings. The lowest BCUT2D eigenvalue weighted by Gasteiger charge is -2.30. The molecule has 1 saturated heterocycles. The number of morpholine rings is 1. The van der Waals surface area contributed by atoms with Gasteiger partial charge in [0, 0.05) is 24.8 Å². The number of anilines is 3. The monoisotopic (exact) mass is 365 g/mol. The quantitative estimate of drug-likeness (QED) is 0.831. The van der Waals surface area contributed by atoms with Crippen LogP contribution in [0.4, 0.5) is 17.1 Å². The van der Waals surface area contributed by atoms with Gasteiger partial charge in [0.1, 0.15) is 0 Å². The molecule has 0 bridgehead atoms. The lowest BCUT2D eigenvalue weighted by Crippen LogP contribution is -2.43. The summed E-state index contributed by atoms with van der Waals surface area (Å²) in [4.78, 5) is 29.4. The Labute approximate surface area is 158 Å². The molecule has 6 heteroatoms. The highest BCUT2D eigenvalue weighted by Gasteiger charge is 2.34. The van der Waals surface area contributed by atoms with Crippen LogP contribution in [0.3, 0.4) is 0 Å². The Bertz CT molecular complexity index is 861. The summed E-state index contributed by atoms with van der Waals surface area (Å²) in [6.45, 7) is 4.80. The maximum Gasteiger partial charge on any atom is 0.316 e. The lowest BCUT2D eigenvalue weighted by molar-refractivity contribution is -0.134. The van der Waals surface area contributed by atoms with Crippen molar-refractivity contribution in [3.63, 3.8) is 0 Å². The molecule has 27 heavy (non-hydrogen) atoms. The van der Waals surface area contributed by atoms with Crippen LogP contribution in [-0.2, 0) is 20.7 Å². The molecule has 0 aliphatic carbocycles. The first-order valence-electron chi connectivity index (χ1n) is 9.29. The third-order valence-corrected chi connectivity index (χ3v) is 5.12. The summed E-state index contributed by atoms with van der Waals surface area (Å²) in [5.74, 6) is -1.14. The number of carbonyl (C=O) groups excluding carboxylic acids is 2. The van der Waals surface area contributed by atoms with Gasteiger partial charge < -0.3 is 19.9 Å². The van der Waals surface area contributed by atoms with Gasteiger partial charge in [0.2, 0.25) is 0 Å². The summed E-state index contributed by atoms with van der Waals surface area (Å²) in [5, 5.41) is 2.82. The molecule has 1 unspecified atom stereocenters. The summed E-state index contributed by atoms with van der Waals surface area (Å²) in [5.41, 5.74) is 3.49. The van der Waals surface area contributed by atoms with Crippen LogP contribution in [-0.4, -0.2) is 44.2 Å². The number of amides is 2. The van der Waals surface area contributed by atoms with Crippen molar-refractivity contribution in [3.05, 3.63) is 54.1 Å². The number of benzene rings is 2. The summed E-state index contributed by atoms with van der Waals surface area (Å²) < 4.78 is 5.40. The summed E-state index contributed by atoms with van der Waals surface area (Å²) in [6, 6.07) is 15.3. The summed E-state index contributed by atoms with van der Waals surface area (Å²) in [7, 11) is 0. The van der Waals surface area contributed by atoms with Gasteiger partial charge in [0.05, 0.1) is 24.6 Å². The molecule has 0 saturated carbocycles. The number of rotatable bonds is 2. The molecular weight excluding hydrogens is 342 g/mol. The van der Waals surface area contributed by atoms with Crippen molar-refractivity contribution in [2.24, 2.45) is 0 Å². The normalized spacial score (nSPS) is 18.9. The number of nitrogens with one attached hydrogen (secondary N) is 1. The van der Waals surface area contributed by atoms with Crippen LogP contribution in [0, 0.1) is 0 Å². The number of nitrogens with zero attached hydrogens (tertiary/aromatic N) is 2.